The molecule has 1 aliphatic heterocycles. The molecule has 1 amide bonds. The number of carbonyl (C=O) groups is 1. The predicted octanol–water partition coefficient (Wildman–Crippen LogP) is 1.95. The number of β-amino-alcohol motifs (C(OH)–C–C–N with tert-alkyl or cyclic N) is 1. The molecule has 0 bridgehead atoms. The van der Waals surface area contributed by atoms with Crippen LogP contribution in [0.3, 0.4) is 0 Å². The first-order chi connectivity index (χ1) is 8.48. The summed E-state index contributed by atoms with van der Waals surface area (Å²) < 4.78 is 5.61. The van der Waals surface area contributed by atoms with Gasteiger partial charge in [-0.3, -0.25) is 4.79 Å². The van der Waals surface area contributed by atoms with Gasteiger partial charge in [-0.25, -0.2) is 0 Å². The molecular weight excluding hydrogens is 230 g/mol. The summed E-state index contributed by atoms with van der Waals surface area (Å²) in [7, 11) is 0. The van der Waals surface area contributed by atoms with Gasteiger partial charge in [0.1, 0.15) is 5.58 Å². The summed E-state index contributed by atoms with van der Waals surface area (Å²) >= 11 is 0. The van der Waals surface area contributed by atoms with Crippen molar-refractivity contribution in [2.75, 3.05) is 13.1 Å². The van der Waals surface area contributed by atoms with Crippen LogP contribution in [0.15, 0.2) is 28.7 Å². The summed E-state index contributed by atoms with van der Waals surface area (Å²) in [5.41, 5.74) is 0.836. The number of nitrogens with zero attached hydrogens (tertiary/aromatic N) is 1. The number of amides is 1. The number of hydrogen-bond donors (Lipinski definition) is 1. The zero-order valence-electron chi connectivity index (χ0n) is 10.4. The van der Waals surface area contributed by atoms with Crippen LogP contribution in [0.4, 0.5) is 0 Å². The van der Waals surface area contributed by atoms with Crippen molar-refractivity contribution in [1.82, 2.24) is 4.90 Å². The minimum atomic E-state index is -0.754. The summed E-state index contributed by atoms with van der Waals surface area (Å²) in [6.07, 6.45) is 0. The van der Waals surface area contributed by atoms with Gasteiger partial charge in [-0.15, -0.1) is 0 Å². The zero-order valence-corrected chi connectivity index (χ0v) is 10.4. The first-order valence-electron chi connectivity index (χ1n) is 5.98. The molecule has 1 aliphatic rings. The molecule has 0 aliphatic carbocycles. The Labute approximate surface area is 105 Å². The summed E-state index contributed by atoms with van der Waals surface area (Å²) in [6.45, 7) is 4.34. The Morgan fingerprint density at radius 1 is 1.39 bits per heavy atom. The van der Waals surface area contributed by atoms with Gasteiger partial charge in [0, 0.05) is 10.9 Å². The van der Waals surface area contributed by atoms with E-state index < -0.39 is 5.60 Å². The second-order valence-electron chi connectivity index (χ2n) is 5.21. The highest BCUT2D eigenvalue weighted by Gasteiger charge is 2.41. The maximum atomic E-state index is 12.2. The van der Waals surface area contributed by atoms with Gasteiger partial charge in [-0.1, -0.05) is 18.2 Å². The van der Waals surface area contributed by atoms with E-state index in [2.05, 4.69) is 0 Å². The van der Waals surface area contributed by atoms with Crippen molar-refractivity contribution < 1.29 is 14.3 Å². The number of para-hydroxylation sites is 1. The first-order valence-corrected chi connectivity index (χ1v) is 5.98. The molecule has 0 spiro atoms. The lowest BCUT2D eigenvalue weighted by Gasteiger charge is -2.43. The van der Waals surface area contributed by atoms with Crippen molar-refractivity contribution in [3.05, 3.63) is 35.6 Å². The van der Waals surface area contributed by atoms with E-state index in [0.717, 1.165) is 16.5 Å². The monoisotopic (exact) mass is 245 g/mol. The third-order valence-electron chi connectivity index (χ3n) is 3.39. The Bertz CT molecular complexity index is 619. The normalized spacial score (nSPS) is 17.8. The number of rotatable bonds is 1. The average molecular weight is 245 g/mol. The van der Waals surface area contributed by atoms with E-state index in [1.54, 1.807) is 11.8 Å². The van der Waals surface area contributed by atoms with E-state index in [1.807, 2.05) is 31.2 Å². The Balaban J connectivity index is 1.95. The summed E-state index contributed by atoms with van der Waals surface area (Å²) in [5.74, 6) is 0.238. The SMILES string of the molecule is Cc1c(C(=O)N2CC(C)(O)C2)oc2ccccc12. The van der Waals surface area contributed by atoms with E-state index in [4.69, 9.17) is 4.42 Å². The van der Waals surface area contributed by atoms with E-state index >= 15 is 0 Å². The second kappa shape index (κ2) is 3.59. The molecule has 1 fully saturated rings. The number of fused-ring (bicyclic) bond motifs is 1. The van der Waals surface area contributed by atoms with Gasteiger partial charge in [0.15, 0.2) is 5.76 Å². The van der Waals surface area contributed by atoms with Crippen molar-refractivity contribution in [3.8, 4) is 0 Å². The average Bonchev–Trinajstić information content (AvgIpc) is 2.63. The van der Waals surface area contributed by atoms with Gasteiger partial charge in [0.05, 0.1) is 18.7 Å². The molecule has 1 saturated heterocycles. The van der Waals surface area contributed by atoms with Gasteiger partial charge in [0.25, 0.3) is 5.91 Å². The summed E-state index contributed by atoms with van der Waals surface area (Å²) in [6, 6.07) is 7.60. The minimum absolute atomic E-state index is 0.143. The Morgan fingerprint density at radius 2 is 2.06 bits per heavy atom. The molecule has 0 saturated carbocycles. The fraction of sp³-hybridized carbons (Fsp3) is 0.357. The van der Waals surface area contributed by atoms with Crippen LogP contribution in [0.5, 0.6) is 0 Å². The number of benzene rings is 1. The molecule has 1 N–H and O–H groups in total. The van der Waals surface area contributed by atoms with Crippen molar-refractivity contribution in [1.29, 1.82) is 0 Å². The minimum Gasteiger partial charge on any atom is -0.451 e. The van der Waals surface area contributed by atoms with Crippen LogP contribution in [-0.2, 0) is 0 Å². The van der Waals surface area contributed by atoms with E-state index in [1.165, 1.54) is 0 Å². The number of aryl methyl sites for hydroxylation is 1. The third-order valence-corrected chi connectivity index (χ3v) is 3.39. The van der Waals surface area contributed by atoms with Crippen LogP contribution in [0, 0.1) is 6.92 Å². The lowest BCUT2D eigenvalue weighted by Crippen LogP contribution is -2.61. The van der Waals surface area contributed by atoms with Gasteiger partial charge in [-0.2, -0.15) is 0 Å². The molecular formula is C14H15NO3. The van der Waals surface area contributed by atoms with Crippen LogP contribution in [0.1, 0.15) is 23.0 Å². The molecule has 1 aromatic carbocycles. The van der Waals surface area contributed by atoms with E-state index in [9.17, 15) is 9.90 Å². The zero-order chi connectivity index (χ0) is 12.9. The summed E-state index contributed by atoms with van der Waals surface area (Å²) in [4.78, 5) is 13.8. The lowest BCUT2D eigenvalue weighted by atomic mass is 9.96. The highest BCUT2D eigenvalue weighted by atomic mass is 16.3. The Kier molecular flexibility index (Phi) is 2.25. The number of carbonyl (C=O) groups excluding carboxylic acids is 1. The molecule has 2 aromatic rings. The fourth-order valence-electron chi connectivity index (χ4n) is 2.44. The topological polar surface area (TPSA) is 53.7 Å². The Hall–Kier alpha value is -1.81. The number of hydrogen-bond acceptors (Lipinski definition) is 3. The quantitative estimate of drug-likeness (QED) is 0.835. The highest BCUT2D eigenvalue weighted by molar-refractivity contribution is 5.99. The maximum absolute atomic E-state index is 12.2. The molecule has 18 heavy (non-hydrogen) atoms. The van der Waals surface area contributed by atoms with Crippen molar-refractivity contribution in [3.63, 3.8) is 0 Å². The molecule has 4 heteroatoms. The van der Waals surface area contributed by atoms with Gasteiger partial charge in [0.2, 0.25) is 0 Å². The largest absolute Gasteiger partial charge is 0.451 e. The lowest BCUT2D eigenvalue weighted by molar-refractivity contribution is -0.0677. The van der Waals surface area contributed by atoms with E-state index in [0.29, 0.717) is 18.8 Å². The van der Waals surface area contributed by atoms with Gasteiger partial charge >= 0.3 is 0 Å². The number of likely N-dealkylation sites (tertiary alicyclic amines) is 1. The Morgan fingerprint density at radius 3 is 2.67 bits per heavy atom. The predicted molar refractivity (Wildman–Crippen MR) is 67.5 cm³/mol. The summed E-state index contributed by atoms with van der Waals surface area (Å²) in [5, 5.41) is 10.6. The fourth-order valence-corrected chi connectivity index (χ4v) is 2.44. The molecule has 4 nitrogen and oxygen atoms in total. The van der Waals surface area contributed by atoms with E-state index in [-0.39, 0.29) is 5.91 Å². The molecule has 0 radical (unpaired) electrons. The van der Waals surface area contributed by atoms with Crippen molar-refractivity contribution in [2.45, 2.75) is 19.4 Å². The molecule has 0 unspecified atom stereocenters. The number of aliphatic hydroxyl groups is 1. The molecule has 1 aromatic heterocycles. The highest BCUT2D eigenvalue weighted by Crippen LogP contribution is 2.29. The van der Waals surface area contributed by atoms with Crippen LogP contribution < -0.4 is 0 Å². The molecule has 3 rings (SSSR count). The first kappa shape index (κ1) is 11.3. The van der Waals surface area contributed by atoms with Crippen LogP contribution in [0.25, 0.3) is 11.0 Å². The van der Waals surface area contributed by atoms with Crippen molar-refractivity contribution in [2.24, 2.45) is 0 Å². The third kappa shape index (κ3) is 1.61. The van der Waals surface area contributed by atoms with Gasteiger partial charge in [-0.05, 0) is 19.9 Å². The molecule has 94 valence electrons. The van der Waals surface area contributed by atoms with Crippen LogP contribution in [-0.4, -0.2) is 34.6 Å². The molecule has 2 heterocycles. The van der Waals surface area contributed by atoms with Crippen LogP contribution >= 0.6 is 0 Å². The van der Waals surface area contributed by atoms with Crippen LogP contribution in [0.2, 0.25) is 0 Å². The smallest absolute Gasteiger partial charge is 0.290 e. The van der Waals surface area contributed by atoms with Crippen molar-refractivity contribution >= 4 is 16.9 Å². The number of furan rings is 1. The second-order valence-corrected chi connectivity index (χ2v) is 5.21. The molecule has 0 atom stereocenters. The standard InChI is InChI=1S/C14H15NO3/c1-9-10-5-3-4-6-11(10)18-12(9)13(16)15-7-14(2,17)8-15/h3-6,17H,7-8H2,1-2H3. The maximum Gasteiger partial charge on any atom is 0.290 e. The van der Waals surface area contributed by atoms with Gasteiger partial charge < -0.3 is 14.4 Å².